The Labute approximate surface area is 169 Å². The molecule has 0 saturated carbocycles. The molecule has 0 saturated heterocycles. The zero-order valence-electron chi connectivity index (χ0n) is 15.6. The molecule has 3 aromatic carbocycles. The first kappa shape index (κ1) is 20.2. The van der Waals surface area contributed by atoms with Crippen molar-refractivity contribution in [3.05, 3.63) is 90.0 Å². The molecule has 0 aliphatic heterocycles. The lowest BCUT2D eigenvalue weighted by atomic mass is 10.1. The highest BCUT2D eigenvalue weighted by Gasteiger charge is 2.15. The standard InChI is InChI=1S/C22H19NO5S/c1-28-20-10-8-18(9-11-20)23-29(26,27)21-12-6-17(7-13-21)22(25)14-5-16-3-2-4-19(24)15-16/h2-15,23-24H,1H3/b14-5+. The van der Waals surface area contributed by atoms with Crippen molar-refractivity contribution < 1.29 is 23.1 Å². The van der Waals surface area contributed by atoms with Gasteiger partial charge in [0.05, 0.1) is 12.0 Å². The van der Waals surface area contributed by atoms with E-state index in [9.17, 15) is 18.3 Å². The molecule has 148 valence electrons. The fourth-order valence-electron chi connectivity index (χ4n) is 2.57. The van der Waals surface area contributed by atoms with Crippen LogP contribution in [0.4, 0.5) is 5.69 Å². The average Bonchev–Trinajstić information content (AvgIpc) is 2.72. The van der Waals surface area contributed by atoms with Crippen LogP contribution in [-0.2, 0) is 10.0 Å². The van der Waals surface area contributed by atoms with Gasteiger partial charge < -0.3 is 9.84 Å². The van der Waals surface area contributed by atoms with E-state index < -0.39 is 10.0 Å². The van der Waals surface area contributed by atoms with Gasteiger partial charge in [-0.1, -0.05) is 18.2 Å². The number of sulfonamides is 1. The Bertz CT molecular complexity index is 1130. The Morgan fingerprint density at radius 2 is 1.69 bits per heavy atom. The summed E-state index contributed by atoms with van der Waals surface area (Å²) in [4.78, 5) is 12.3. The highest BCUT2D eigenvalue weighted by Crippen LogP contribution is 2.20. The van der Waals surface area contributed by atoms with E-state index in [-0.39, 0.29) is 16.4 Å². The molecule has 0 atom stereocenters. The number of carbonyl (C=O) groups is 1. The second-order valence-corrected chi connectivity index (χ2v) is 7.83. The lowest BCUT2D eigenvalue weighted by Gasteiger charge is -2.09. The minimum absolute atomic E-state index is 0.0434. The topological polar surface area (TPSA) is 92.7 Å². The van der Waals surface area contributed by atoms with Crippen molar-refractivity contribution in [2.75, 3.05) is 11.8 Å². The van der Waals surface area contributed by atoms with Crippen LogP contribution < -0.4 is 9.46 Å². The number of ether oxygens (including phenoxy) is 1. The van der Waals surface area contributed by atoms with E-state index in [1.54, 1.807) is 42.5 Å². The third-order valence-electron chi connectivity index (χ3n) is 4.09. The number of rotatable bonds is 7. The van der Waals surface area contributed by atoms with Crippen LogP contribution in [-0.4, -0.2) is 26.4 Å². The first-order chi connectivity index (χ1) is 13.9. The molecule has 7 heteroatoms. The highest BCUT2D eigenvalue weighted by atomic mass is 32.2. The molecular formula is C22H19NO5S. The number of benzene rings is 3. The smallest absolute Gasteiger partial charge is 0.261 e. The number of hydrogen-bond donors (Lipinski definition) is 2. The molecule has 0 unspecified atom stereocenters. The summed E-state index contributed by atoms with van der Waals surface area (Å²) >= 11 is 0. The van der Waals surface area contributed by atoms with Gasteiger partial charge in [-0.15, -0.1) is 0 Å². The molecule has 6 nitrogen and oxygen atoms in total. The largest absolute Gasteiger partial charge is 0.508 e. The van der Waals surface area contributed by atoms with E-state index >= 15 is 0 Å². The van der Waals surface area contributed by atoms with Crippen molar-refractivity contribution in [1.82, 2.24) is 0 Å². The van der Waals surface area contributed by atoms with Crippen LogP contribution in [0.2, 0.25) is 0 Å². The minimum Gasteiger partial charge on any atom is -0.508 e. The minimum atomic E-state index is -3.78. The zero-order chi connectivity index (χ0) is 20.9. The molecule has 2 N–H and O–H groups in total. The Kier molecular flexibility index (Phi) is 5.99. The predicted molar refractivity (Wildman–Crippen MR) is 112 cm³/mol. The van der Waals surface area contributed by atoms with Crippen LogP contribution in [0, 0.1) is 0 Å². The number of phenolic OH excluding ortho intramolecular Hbond substituents is 1. The molecular weight excluding hydrogens is 390 g/mol. The van der Waals surface area contributed by atoms with E-state index in [0.717, 1.165) is 0 Å². The Morgan fingerprint density at radius 3 is 2.31 bits per heavy atom. The van der Waals surface area contributed by atoms with Gasteiger partial charge in [0.1, 0.15) is 11.5 Å². The van der Waals surface area contributed by atoms with Gasteiger partial charge in [0.2, 0.25) is 0 Å². The second kappa shape index (κ2) is 8.62. The molecule has 0 heterocycles. The number of anilines is 1. The Balaban J connectivity index is 1.71. The van der Waals surface area contributed by atoms with Gasteiger partial charge in [-0.3, -0.25) is 9.52 Å². The maximum atomic E-state index is 12.5. The predicted octanol–water partition coefficient (Wildman–Crippen LogP) is 4.10. The van der Waals surface area contributed by atoms with E-state index in [4.69, 9.17) is 4.74 Å². The summed E-state index contributed by atoms with van der Waals surface area (Å²) in [5.41, 5.74) is 1.44. The molecule has 0 aliphatic carbocycles. The third-order valence-corrected chi connectivity index (χ3v) is 5.49. The van der Waals surface area contributed by atoms with E-state index in [0.29, 0.717) is 22.6 Å². The van der Waals surface area contributed by atoms with Crippen LogP contribution >= 0.6 is 0 Å². The van der Waals surface area contributed by atoms with Crippen LogP contribution in [0.1, 0.15) is 15.9 Å². The third kappa shape index (κ3) is 5.24. The van der Waals surface area contributed by atoms with Crippen molar-refractivity contribution in [3.8, 4) is 11.5 Å². The number of hydrogen-bond acceptors (Lipinski definition) is 5. The fraction of sp³-hybridized carbons (Fsp3) is 0.0455. The highest BCUT2D eigenvalue weighted by molar-refractivity contribution is 7.92. The van der Waals surface area contributed by atoms with E-state index in [1.165, 1.54) is 49.6 Å². The summed E-state index contributed by atoms with van der Waals surface area (Å²) in [5.74, 6) is 0.452. The fourth-order valence-corrected chi connectivity index (χ4v) is 3.63. The molecule has 0 bridgehead atoms. The second-order valence-electron chi connectivity index (χ2n) is 6.15. The van der Waals surface area contributed by atoms with Crippen molar-refractivity contribution >= 4 is 27.6 Å². The Hall–Kier alpha value is -3.58. The van der Waals surface area contributed by atoms with Gasteiger partial charge in [-0.25, -0.2) is 8.42 Å². The number of methoxy groups -OCH3 is 1. The molecule has 0 amide bonds. The van der Waals surface area contributed by atoms with Gasteiger partial charge in [-0.05, 0) is 72.3 Å². The molecule has 0 radical (unpaired) electrons. The summed E-state index contributed by atoms with van der Waals surface area (Å²) < 4.78 is 32.6. The molecule has 3 rings (SSSR count). The maximum Gasteiger partial charge on any atom is 0.261 e. The van der Waals surface area contributed by atoms with Gasteiger partial charge in [0, 0.05) is 11.3 Å². The van der Waals surface area contributed by atoms with E-state index in [2.05, 4.69) is 4.72 Å². The Morgan fingerprint density at radius 1 is 1.00 bits per heavy atom. The first-order valence-electron chi connectivity index (χ1n) is 8.66. The summed E-state index contributed by atoms with van der Waals surface area (Å²) in [6.07, 6.45) is 2.95. The van der Waals surface area contributed by atoms with Crippen molar-refractivity contribution in [1.29, 1.82) is 0 Å². The molecule has 3 aromatic rings. The number of carbonyl (C=O) groups excluding carboxylic acids is 1. The summed E-state index contributed by atoms with van der Waals surface area (Å²) in [6, 6.07) is 18.7. The molecule has 0 fully saturated rings. The van der Waals surface area contributed by atoms with Crippen molar-refractivity contribution in [3.63, 3.8) is 0 Å². The maximum absolute atomic E-state index is 12.5. The SMILES string of the molecule is COc1ccc(NS(=O)(=O)c2ccc(C(=O)/C=C/c3cccc(O)c3)cc2)cc1. The van der Waals surface area contributed by atoms with Crippen LogP contribution in [0.5, 0.6) is 11.5 Å². The van der Waals surface area contributed by atoms with Gasteiger partial charge in [0.15, 0.2) is 5.78 Å². The quantitative estimate of drug-likeness (QED) is 0.453. The molecule has 0 aromatic heterocycles. The van der Waals surface area contributed by atoms with Gasteiger partial charge in [0.25, 0.3) is 10.0 Å². The number of nitrogens with one attached hydrogen (secondary N) is 1. The van der Waals surface area contributed by atoms with Crippen LogP contribution in [0.25, 0.3) is 6.08 Å². The zero-order valence-corrected chi connectivity index (χ0v) is 16.4. The molecule has 0 aliphatic rings. The number of aromatic hydroxyl groups is 1. The lowest BCUT2D eigenvalue weighted by molar-refractivity contribution is 0.104. The van der Waals surface area contributed by atoms with Crippen molar-refractivity contribution in [2.24, 2.45) is 0 Å². The lowest BCUT2D eigenvalue weighted by Crippen LogP contribution is -2.13. The van der Waals surface area contributed by atoms with Gasteiger partial charge >= 0.3 is 0 Å². The average molecular weight is 409 g/mol. The number of phenols is 1. The normalized spacial score (nSPS) is 11.3. The monoisotopic (exact) mass is 409 g/mol. The van der Waals surface area contributed by atoms with Crippen molar-refractivity contribution in [2.45, 2.75) is 4.90 Å². The molecule has 29 heavy (non-hydrogen) atoms. The van der Waals surface area contributed by atoms with Gasteiger partial charge in [-0.2, -0.15) is 0 Å². The summed E-state index contributed by atoms with van der Waals surface area (Å²) in [7, 11) is -2.25. The number of ketones is 1. The van der Waals surface area contributed by atoms with E-state index in [1.807, 2.05) is 0 Å². The molecule has 0 spiro atoms. The number of allylic oxidation sites excluding steroid dienone is 1. The summed E-state index contributed by atoms with van der Waals surface area (Å²) in [5, 5.41) is 9.45. The first-order valence-corrected chi connectivity index (χ1v) is 10.1. The van der Waals surface area contributed by atoms with Crippen LogP contribution in [0.15, 0.2) is 83.8 Å². The summed E-state index contributed by atoms with van der Waals surface area (Å²) in [6.45, 7) is 0. The van der Waals surface area contributed by atoms with Crippen LogP contribution in [0.3, 0.4) is 0 Å².